The summed E-state index contributed by atoms with van der Waals surface area (Å²) in [5.74, 6) is -0.264. The van der Waals surface area contributed by atoms with Gasteiger partial charge in [0.2, 0.25) is 5.91 Å². The Kier molecular flexibility index (Phi) is 7.84. The second-order valence-corrected chi connectivity index (χ2v) is 11.4. The molecule has 2 aliphatic heterocycles. The number of hydrogen-bond donors (Lipinski definition) is 1. The minimum absolute atomic E-state index is 0.139. The van der Waals surface area contributed by atoms with Gasteiger partial charge < -0.3 is 19.2 Å². The Hall–Kier alpha value is -2.23. The summed E-state index contributed by atoms with van der Waals surface area (Å²) in [5, 5.41) is 10.3. The average molecular weight is 486 g/mol. The van der Waals surface area contributed by atoms with Crippen LogP contribution in [0.4, 0.5) is 4.79 Å². The van der Waals surface area contributed by atoms with E-state index in [0.717, 1.165) is 11.0 Å². The molecule has 0 bridgehead atoms. The summed E-state index contributed by atoms with van der Waals surface area (Å²) in [5.41, 5.74) is 0.856. The lowest BCUT2D eigenvalue weighted by atomic mass is 9.78. The highest BCUT2D eigenvalue weighted by atomic mass is 16.7. The number of ether oxygens (including phenoxy) is 1. The van der Waals surface area contributed by atoms with Gasteiger partial charge in [-0.3, -0.25) is 9.69 Å². The fourth-order valence-electron chi connectivity index (χ4n) is 4.10. The van der Waals surface area contributed by atoms with E-state index in [1.165, 1.54) is 4.90 Å². The van der Waals surface area contributed by atoms with E-state index in [9.17, 15) is 14.7 Å². The maximum Gasteiger partial charge on any atom is 0.494 e. The molecule has 35 heavy (non-hydrogen) atoms. The van der Waals surface area contributed by atoms with Crippen LogP contribution in [0.1, 0.15) is 73.8 Å². The lowest BCUT2D eigenvalue weighted by molar-refractivity contribution is -0.117. The maximum absolute atomic E-state index is 12.9. The third-order valence-corrected chi connectivity index (χ3v) is 6.75. The minimum atomic E-state index is -0.708. The lowest BCUT2D eigenvalue weighted by Gasteiger charge is -2.32. The number of likely N-dealkylation sites (tertiary alicyclic amines) is 1. The first-order valence-corrected chi connectivity index (χ1v) is 12.3. The number of β-amino-alcohol motifs (C(OH)–C–C–N with tert-alkyl or cyclic N) is 1. The van der Waals surface area contributed by atoms with Crippen molar-refractivity contribution in [2.45, 2.75) is 104 Å². The van der Waals surface area contributed by atoms with Gasteiger partial charge in [0.05, 0.1) is 29.9 Å². The molecule has 192 valence electrons. The van der Waals surface area contributed by atoms with Gasteiger partial charge in [0.25, 0.3) is 0 Å². The highest BCUT2D eigenvalue weighted by Crippen LogP contribution is 2.36. The summed E-state index contributed by atoms with van der Waals surface area (Å²) in [7, 11) is -0.462. The number of aliphatic hydroxyl groups excluding tert-OH is 1. The summed E-state index contributed by atoms with van der Waals surface area (Å²) < 4.78 is 17.8. The monoisotopic (exact) mass is 486 g/mol. The van der Waals surface area contributed by atoms with Crippen LogP contribution in [0.2, 0.25) is 0 Å². The van der Waals surface area contributed by atoms with Crippen LogP contribution >= 0.6 is 0 Å². The van der Waals surface area contributed by atoms with Crippen LogP contribution < -0.4 is 5.46 Å². The molecule has 0 aromatic heterocycles. The van der Waals surface area contributed by atoms with E-state index >= 15 is 0 Å². The number of amides is 2. The first kappa shape index (κ1) is 27.4. The molecule has 2 amide bonds. The average Bonchev–Trinajstić information content (AvgIpc) is 3.23. The lowest BCUT2D eigenvalue weighted by Crippen LogP contribution is -2.44. The summed E-state index contributed by atoms with van der Waals surface area (Å²) >= 11 is 0. The summed E-state index contributed by atoms with van der Waals surface area (Å²) in [4.78, 5) is 31.0. The number of rotatable bonds is 5. The number of carbonyl (C=O) groups is 2. The molecule has 0 spiro atoms. The summed E-state index contributed by atoms with van der Waals surface area (Å²) in [6, 6.07) is 7.29. The Morgan fingerprint density at radius 2 is 1.71 bits per heavy atom. The fraction of sp³-hybridized carbons (Fsp3) is 0.654. The molecule has 8 nitrogen and oxygen atoms in total. The molecule has 2 aliphatic rings. The molecule has 0 aliphatic carbocycles. The van der Waals surface area contributed by atoms with Crippen LogP contribution in [0.15, 0.2) is 29.3 Å². The van der Waals surface area contributed by atoms with Gasteiger partial charge in [-0.25, -0.2) is 9.79 Å². The second-order valence-electron chi connectivity index (χ2n) is 11.4. The zero-order chi connectivity index (χ0) is 26.2. The van der Waals surface area contributed by atoms with E-state index in [1.807, 2.05) is 52.0 Å². The van der Waals surface area contributed by atoms with Gasteiger partial charge >= 0.3 is 13.2 Å². The van der Waals surface area contributed by atoms with E-state index in [1.54, 1.807) is 27.7 Å². The predicted molar refractivity (Wildman–Crippen MR) is 136 cm³/mol. The largest absolute Gasteiger partial charge is 0.494 e. The molecule has 0 saturated carbocycles. The zero-order valence-corrected chi connectivity index (χ0v) is 22.3. The maximum atomic E-state index is 12.9. The van der Waals surface area contributed by atoms with Gasteiger partial charge in [-0.15, -0.1) is 0 Å². The molecule has 2 fully saturated rings. The number of benzene rings is 1. The second kappa shape index (κ2) is 10.0. The van der Waals surface area contributed by atoms with Crippen molar-refractivity contribution < 1.29 is 28.7 Å². The molecule has 1 aromatic carbocycles. The first-order chi connectivity index (χ1) is 16.1. The minimum Gasteiger partial charge on any atom is -0.444 e. The van der Waals surface area contributed by atoms with E-state index in [-0.39, 0.29) is 18.9 Å². The van der Waals surface area contributed by atoms with Crippen molar-refractivity contribution in [2.75, 3.05) is 6.54 Å². The van der Waals surface area contributed by atoms with Crippen molar-refractivity contribution in [1.29, 1.82) is 0 Å². The Morgan fingerprint density at radius 1 is 1.14 bits per heavy atom. The van der Waals surface area contributed by atoms with Crippen molar-refractivity contribution in [3.63, 3.8) is 0 Å². The standard InChI is InChI=1S/C26H39BN2O6/c1-9-22(31)28-20(21-15-19(30)16-29(21)23(32)33-24(2,3)4)14-17-10-12-18(13-11-17)27-34-25(5,6)26(7,8)35-27/h10-13,19,21,30H,9,14-16H2,1-8H3/t19-,21?/m1/s1. The van der Waals surface area contributed by atoms with Crippen molar-refractivity contribution in [3.8, 4) is 0 Å². The summed E-state index contributed by atoms with van der Waals surface area (Å²) in [6.07, 6.45) is -0.300. The Morgan fingerprint density at radius 3 is 2.23 bits per heavy atom. The van der Waals surface area contributed by atoms with Crippen LogP contribution in [-0.2, 0) is 25.3 Å². The third kappa shape index (κ3) is 6.51. The van der Waals surface area contributed by atoms with E-state index in [4.69, 9.17) is 14.0 Å². The number of hydrogen-bond acceptors (Lipinski definition) is 6. The van der Waals surface area contributed by atoms with E-state index in [2.05, 4.69) is 4.99 Å². The quantitative estimate of drug-likeness (QED) is 0.507. The Bertz CT molecular complexity index is 951. The normalized spacial score (nSPS) is 24.1. The molecular formula is C26H39BN2O6. The molecule has 1 unspecified atom stereocenters. The van der Waals surface area contributed by atoms with Crippen molar-refractivity contribution in [2.24, 2.45) is 4.99 Å². The highest BCUT2D eigenvalue weighted by molar-refractivity contribution is 6.62. The molecule has 2 atom stereocenters. The van der Waals surface area contributed by atoms with Crippen LogP contribution in [-0.4, -0.2) is 70.3 Å². The first-order valence-electron chi connectivity index (χ1n) is 12.3. The number of nitrogens with zero attached hydrogens (tertiary/aromatic N) is 2. The van der Waals surface area contributed by atoms with Crippen molar-refractivity contribution >= 4 is 30.3 Å². The van der Waals surface area contributed by atoms with Crippen LogP contribution in [0.25, 0.3) is 0 Å². The Balaban J connectivity index is 1.82. The van der Waals surface area contributed by atoms with Gasteiger partial charge in [-0.05, 0) is 59.5 Å². The van der Waals surface area contributed by atoms with Crippen molar-refractivity contribution in [3.05, 3.63) is 29.8 Å². The van der Waals surface area contributed by atoms with Crippen molar-refractivity contribution in [1.82, 2.24) is 4.90 Å². The molecular weight excluding hydrogens is 447 g/mol. The Labute approximate surface area is 209 Å². The van der Waals surface area contributed by atoms with Gasteiger partial charge in [0, 0.05) is 25.0 Å². The molecule has 1 N–H and O–H groups in total. The van der Waals surface area contributed by atoms with Gasteiger partial charge in [0.15, 0.2) is 0 Å². The van der Waals surface area contributed by atoms with Gasteiger partial charge in [-0.1, -0.05) is 31.2 Å². The summed E-state index contributed by atoms with van der Waals surface area (Å²) in [6.45, 7) is 15.3. The smallest absolute Gasteiger partial charge is 0.444 e. The number of aliphatic imine (C=N–C) groups is 1. The van der Waals surface area contributed by atoms with Crippen LogP contribution in [0.3, 0.4) is 0 Å². The van der Waals surface area contributed by atoms with Crippen LogP contribution in [0, 0.1) is 0 Å². The van der Waals surface area contributed by atoms with E-state index < -0.39 is 42.2 Å². The fourth-order valence-corrected chi connectivity index (χ4v) is 4.10. The SMILES string of the molecule is CCC(=O)N=C(Cc1ccc(B2OC(C)(C)C(C)(C)O2)cc1)C1C[C@@H](O)CN1C(=O)OC(C)(C)C. The third-order valence-electron chi connectivity index (χ3n) is 6.75. The molecule has 1 aromatic rings. The molecule has 2 saturated heterocycles. The number of carbonyl (C=O) groups excluding carboxylic acids is 2. The molecule has 9 heteroatoms. The van der Waals surface area contributed by atoms with Gasteiger partial charge in [-0.2, -0.15) is 0 Å². The molecule has 3 rings (SSSR count). The molecule has 0 radical (unpaired) electrons. The topological polar surface area (TPSA) is 97.7 Å². The van der Waals surface area contributed by atoms with Crippen LogP contribution in [0.5, 0.6) is 0 Å². The van der Waals surface area contributed by atoms with E-state index in [0.29, 0.717) is 18.6 Å². The number of aliphatic hydroxyl groups is 1. The predicted octanol–water partition coefficient (Wildman–Crippen LogP) is 3.28. The highest BCUT2D eigenvalue weighted by Gasteiger charge is 2.51. The van der Waals surface area contributed by atoms with Gasteiger partial charge in [0.1, 0.15) is 5.60 Å². The zero-order valence-electron chi connectivity index (χ0n) is 22.3. The molecule has 2 heterocycles.